The van der Waals surface area contributed by atoms with Gasteiger partial charge in [0.1, 0.15) is 0 Å². The van der Waals surface area contributed by atoms with Crippen LogP contribution in [0.5, 0.6) is 0 Å². The maximum absolute atomic E-state index is 2.45. The summed E-state index contributed by atoms with van der Waals surface area (Å²) in [7, 11) is 2.45. The first-order valence-corrected chi connectivity index (χ1v) is 4.57. The van der Waals surface area contributed by atoms with Crippen molar-refractivity contribution in [3.63, 3.8) is 0 Å². The highest BCUT2D eigenvalue weighted by Gasteiger charge is 2.46. The summed E-state index contributed by atoms with van der Waals surface area (Å²) in [5.41, 5.74) is 0. The second-order valence-corrected chi connectivity index (χ2v) is 4.40. The number of rotatable bonds is 0. The van der Waals surface area contributed by atoms with E-state index in [0.29, 0.717) is 0 Å². The van der Waals surface area contributed by atoms with Crippen molar-refractivity contribution in [3.8, 4) is 0 Å². The van der Waals surface area contributed by atoms with E-state index >= 15 is 0 Å². The van der Waals surface area contributed by atoms with Crippen molar-refractivity contribution in [2.75, 3.05) is 20.1 Å². The molecule has 2 heterocycles. The molecule has 0 N–H and O–H groups in total. The fourth-order valence-electron chi connectivity index (χ4n) is 3.01. The lowest BCUT2D eigenvalue weighted by Gasteiger charge is -2.30. The predicted molar refractivity (Wildman–Crippen MR) is 42.7 cm³/mol. The molecule has 0 amide bonds. The van der Waals surface area contributed by atoms with Gasteiger partial charge in [-0.05, 0) is 0 Å². The molecule has 0 bridgehead atoms. The van der Waals surface area contributed by atoms with Crippen LogP contribution in [0.2, 0.25) is 0 Å². The van der Waals surface area contributed by atoms with Crippen LogP contribution in [0, 0.1) is 5.92 Å². The molecule has 0 aromatic heterocycles. The molecule has 2 saturated heterocycles. The van der Waals surface area contributed by atoms with Gasteiger partial charge in [0.2, 0.25) is 0 Å². The van der Waals surface area contributed by atoms with Crippen LogP contribution in [0.4, 0.5) is 0 Å². The molecule has 1 unspecified atom stereocenters. The van der Waals surface area contributed by atoms with Gasteiger partial charge >= 0.3 is 0 Å². The van der Waals surface area contributed by atoms with Gasteiger partial charge in [-0.3, -0.25) is 0 Å². The first-order valence-electron chi connectivity index (χ1n) is 4.57. The van der Waals surface area contributed by atoms with Gasteiger partial charge in [-0.2, -0.15) is 0 Å². The third-order valence-corrected chi connectivity index (χ3v) is 3.72. The lowest BCUT2D eigenvalue weighted by Crippen LogP contribution is -2.44. The van der Waals surface area contributed by atoms with Crippen LogP contribution in [0.25, 0.3) is 0 Å². The minimum Gasteiger partial charge on any atom is -0.323 e. The zero-order chi connectivity index (χ0) is 7.19. The molecule has 1 heteroatoms. The van der Waals surface area contributed by atoms with E-state index in [1.807, 2.05) is 0 Å². The lowest BCUT2D eigenvalue weighted by atomic mass is 10.0. The normalized spacial score (nSPS) is 53.4. The van der Waals surface area contributed by atoms with E-state index in [1.54, 1.807) is 0 Å². The van der Waals surface area contributed by atoms with Gasteiger partial charge in [0.05, 0.1) is 26.2 Å². The van der Waals surface area contributed by atoms with Gasteiger partial charge in [0.15, 0.2) is 0 Å². The maximum Gasteiger partial charge on any atom is 0.0918 e. The van der Waals surface area contributed by atoms with Crippen molar-refractivity contribution < 1.29 is 4.48 Å². The third-order valence-electron chi connectivity index (χ3n) is 3.72. The Kier molecular flexibility index (Phi) is 1.31. The number of fused-ring (bicyclic) bond motifs is 1. The SMILES string of the molecule is C[C@H]1CC[N+]2(C)CCC[C@H]12. The molecule has 0 aromatic carbocycles. The van der Waals surface area contributed by atoms with Gasteiger partial charge in [-0.25, -0.2) is 0 Å². The molecule has 0 aromatic rings. The largest absolute Gasteiger partial charge is 0.323 e. The Bertz CT molecular complexity index is 144. The zero-order valence-corrected chi connectivity index (χ0v) is 7.14. The molecule has 3 atom stereocenters. The van der Waals surface area contributed by atoms with Crippen molar-refractivity contribution in [1.29, 1.82) is 0 Å². The Labute approximate surface area is 63.6 Å². The van der Waals surface area contributed by atoms with Gasteiger partial charge < -0.3 is 4.48 Å². The van der Waals surface area contributed by atoms with Crippen LogP contribution in [0.3, 0.4) is 0 Å². The number of quaternary nitrogens is 1. The summed E-state index contributed by atoms with van der Waals surface area (Å²) in [5.74, 6) is 1.01. The van der Waals surface area contributed by atoms with E-state index in [4.69, 9.17) is 0 Å². The highest BCUT2D eigenvalue weighted by molar-refractivity contribution is 4.78. The van der Waals surface area contributed by atoms with E-state index in [0.717, 1.165) is 12.0 Å². The second kappa shape index (κ2) is 1.97. The number of hydrogen-bond acceptors (Lipinski definition) is 0. The number of nitrogens with zero attached hydrogens (tertiary/aromatic N) is 1. The summed E-state index contributed by atoms with van der Waals surface area (Å²) in [4.78, 5) is 0. The predicted octanol–water partition coefficient (Wildman–Crippen LogP) is 1.64. The molecule has 2 rings (SSSR count). The molecule has 1 nitrogen and oxygen atoms in total. The van der Waals surface area contributed by atoms with Crippen molar-refractivity contribution in [2.45, 2.75) is 32.2 Å². The molecule has 2 aliphatic heterocycles. The summed E-state index contributed by atoms with van der Waals surface area (Å²) in [6.07, 6.45) is 4.45. The van der Waals surface area contributed by atoms with Crippen molar-refractivity contribution in [2.24, 2.45) is 5.92 Å². The summed E-state index contributed by atoms with van der Waals surface area (Å²) < 4.78 is 1.40. The van der Waals surface area contributed by atoms with Gasteiger partial charge in [0, 0.05) is 25.2 Å². The van der Waals surface area contributed by atoms with Crippen LogP contribution in [0.15, 0.2) is 0 Å². The summed E-state index contributed by atoms with van der Waals surface area (Å²) in [5, 5.41) is 0. The minimum atomic E-state index is 1.01. The van der Waals surface area contributed by atoms with Crippen LogP contribution in [0.1, 0.15) is 26.2 Å². The van der Waals surface area contributed by atoms with Crippen molar-refractivity contribution in [3.05, 3.63) is 0 Å². The Morgan fingerprint density at radius 3 is 2.70 bits per heavy atom. The molecule has 0 aliphatic carbocycles. The zero-order valence-electron chi connectivity index (χ0n) is 7.14. The van der Waals surface area contributed by atoms with Crippen molar-refractivity contribution >= 4 is 0 Å². The quantitative estimate of drug-likeness (QED) is 0.449. The molecule has 0 saturated carbocycles. The van der Waals surface area contributed by atoms with E-state index in [1.165, 1.54) is 36.8 Å². The average molecular weight is 140 g/mol. The van der Waals surface area contributed by atoms with E-state index in [2.05, 4.69) is 14.0 Å². The average Bonchev–Trinajstić information content (AvgIpc) is 2.35. The lowest BCUT2D eigenvalue weighted by molar-refractivity contribution is -0.910. The summed E-state index contributed by atoms with van der Waals surface area (Å²) in [6, 6.07) is 1.03. The summed E-state index contributed by atoms with van der Waals surface area (Å²) >= 11 is 0. The van der Waals surface area contributed by atoms with Crippen LogP contribution in [-0.2, 0) is 0 Å². The first kappa shape index (κ1) is 6.66. The first-order chi connectivity index (χ1) is 4.72. The van der Waals surface area contributed by atoms with E-state index < -0.39 is 0 Å². The monoisotopic (exact) mass is 140 g/mol. The molecule has 58 valence electrons. The molecule has 0 radical (unpaired) electrons. The Morgan fingerprint density at radius 2 is 2.00 bits per heavy atom. The summed E-state index contributed by atoms with van der Waals surface area (Å²) in [6.45, 7) is 5.33. The molecular weight excluding hydrogens is 122 g/mol. The fraction of sp³-hybridized carbons (Fsp3) is 1.00. The highest BCUT2D eigenvalue weighted by atomic mass is 15.4. The standard InChI is InChI=1S/C9H18N/c1-8-5-7-10(2)6-3-4-9(8)10/h8-9H,3-7H2,1-2H3/q+1/t8-,9+,10?/m0/s1. The topological polar surface area (TPSA) is 0 Å². The molecule has 2 fully saturated rings. The van der Waals surface area contributed by atoms with Gasteiger partial charge in [-0.15, -0.1) is 0 Å². The van der Waals surface area contributed by atoms with E-state index in [9.17, 15) is 0 Å². The third kappa shape index (κ3) is 0.731. The highest BCUT2D eigenvalue weighted by Crippen LogP contribution is 2.37. The van der Waals surface area contributed by atoms with E-state index in [-0.39, 0.29) is 0 Å². The van der Waals surface area contributed by atoms with Crippen LogP contribution >= 0.6 is 0 Å². The Hall–Kier alpha value is -0.0400. The number of hydrogen-bond donors (Lipinski definition) is 0. The minimum absolute atomic E-state index is 1.01. The smallest absolute Gasteiger partial charge is 0.0918 e. The maximum atomic E-state index is 2.45. The van der Waals surface area contributed by atoms with Crippen LogP contribution in [-0.4, -0.2) is 30.7 Å². The Morgan fingerprint density at radius 1 is 1.20 bits per heavy atom. The molecule has 2 aliphatic rings. The molecule has 0 spiro atoms. The van der Waals surface area contributed by atoms with Crippen LogP contribution < -0.4 is 0 Å². The second-order valence-electron chi connectivity index (χ2n) is 4.40. The fourth-order valence-corrected chi connectivity index (χ4v) is 3.01. The molecule has 10 heavy (non-hydrogen) atoms. The Balaban J connectivity index is 2.19. The molecular formula is C9H18N+. The van der Waals surface area contributed by atoms with Gasteiger partial charge in [0.25, 0.3) is 0 Å². The van der Waals surface area contributed by atoms with Crippen molar-refractivity contribution in [1.82, 2.24) is 0 Å². The van der Waals surface area contributed by atoms with Gasteiger partial charge in [-0.1, -0.05) is 6.92 Å².